The number of aromatic nitrogens is 13. The quantitative estimate of drug-likeness (QED) is 0.148. The standard InChI is InChI=1S/C4H5N9.C4H6N8/c5-1-6-2-8-9-4-11-12-10-3(7-1)13(2)4;5-1-8-2(6)12-3(7)10-11-4(12)9-1/h12H,(H,9,11)(H3,5,6,7,8,10);(H2,7,10)(H4,5,6,8,9,11). The molecular formula is C8H11N17. The summed E-state index contributed by atoms with van der Waals surface area (Å²) in [5, 5.41) is 22.9. The Balaban J connectivity index is 0.000000126. The third-order valence-electron chi connectivity index (χ3n) is 2.99. The van der Waals surface area contributed by atoms with Crippen LogP contribution in [-0.4, -0.2) is 64.5 Å². The monoisotopic (exact) mass is 345 g/mol. The fourth-order valence-electron chi connectivity index (χ4n) is 2.01. The highest BCUT2D eigenvalue weighted by Gasteiger charge is 2.08. The van der Waals surface area contributed by atoms with E-state index in [1.165, 1.54) is 4.40 Å². The van der Waals surface area contributed by atoms with E-state index >= 15 is 0 Å². The third-order valence-corrected chi connectivity index (χ3v) is 2.99. The van der Waals surface area contributed by atoms with Crippen molar-refractivity contribution in [3.63, 3.8) is 0 Å². The maximum atomic E-state index is 5.47. The molecule has 5 aromatic heterocycles. The molecule has 0 fully saturated rings. The second kappa shape index (κ2) is 5.04. The number of nitrogen functional groups attached to an aromatic ring is 4. The van der Waals surface area contributed by atoms with Gasteiger partial charge in [-0.05, 0) is 0 Å². The van der Waals surface area contributed by atoms with Crippen molar-refractivity contribution in [2.45, 2.75) is 0 Å². The molecule has 11 N–H and O–H groups in total. The highest BCUT2D eigenvalue weighted by Crippen LogP contribution is 2.08. The molecule has 0 spiro atoms. The number of H-pyrrole nitrogens is 3. The summed E-state index contributed by atoms with van der Waals surface area (Å²) in [6.45, 7) is 0. The number of hydrogen-bond acceptors (Lipinski definition) is 12. The molecule has 0 saturated carbocycles. The Morgan fingerprint density at radius 3 is 2.04 bits per heavy atom. The lowest BCUT2D eigenvalue weighted by Gasteiger charge is -1.99. The Morgan fingerprint density at radius 2 is 1.24 bits per heavy atom. The Labute approximate surface area is 135 Å². The van der Waals surface area contributed by atoms with E-state index in [0.717, 1.165) is 0 Å². The molecular weight excluding hydrogens is 334 g/mol. The summed E-state index contributed by atoms with van der Waals surface area (Å²) < 4.78 is 2.91. The first kappa shape index (κ1) is 14.2. The van der Waals surface area contributed by atoms with Crippen molar-refractivity contribution in [1.82, 2.24) is 64.5 Å². The first-order chi connectivity index (χ1) is 12.0. The Kier molecular flexibility index (Phi) is 2.86. The molecule has 0 aliphatic heterocycles. The molecule has 25 heavy (non-hydrogen) atoms. The Hall–Kier alpha value is -4.44. The number of nitrogens with two attached hydrogens (primary N) is 4. The first-order valence-corrected chi connectivity index (χ1v) is 6.58. The minimum atomic E-state index is 0.0485. The normalized spacial score (nSPS) is 11.0. The number of nitrogens with one attached hydrogen (secondary N) is 3. The molecule has 17 heteroatoms. The number of anilines is 4. The van der Waals surface area contributed by atoms with Crippen LogP contribution in [0, 0.1) is 0 Å². The summed E-state index contributed by atoms with van der Waals surface area (Å²) in [4.78, 5) is 15.3. The minimum absolute atomic E-state index is 0.0485. The lowest BCUT2D eigenvalue weighted by molar-refractivity contribution is 0.837. The minimum Gasteiger partial charge on any atom is -0.369 e. The lowest BCUT2D eigenvalue weighted by atomic mass is 10.8. The molecule has 0 unspecified atom stereocenters. The van der Waals surface area contributed by atoms with E-state index in [1.54, 1.807) is 4.40 Å². The van der Waals surface area contributed by atoms with Crippen LogP contribution in [0.3, 0.4) is 0 Å². The molecule has 0 radical (unpaired) electrons. The van der Waals surface area contributed by atoms with Crippen LogP contribution in [0.4, 0.5) is 23.8 Å². The van der Waals surface area contributed by atoms with Gasteiger partial charge in [0.25, 0.3) is 17.3 Å². The van der Waals surface area contributed by atoms with E-state index < -0.39 is 0 Å². The lowest BCUT2D eigenvalue weighted by Crippen LogP contribution is -2.07. The van der Waals surface area contributed by atoms with Crippen LogP contribution in [0.2, 0.25) is 0 Å². The van der Waals surface area contributed by atoms with Crippen molar-refractivity contribution in [3.05, 3.63) is 0 Å². The van der Waals surface area contributed by atoms with Gasteiger partial charge in [-0.25, -0.2) is 14.0 Å². The largest absolute Gasteiger partial charge is 0.369 e. The zero-order valence-electron chi connectivity index (χ0n) is 12.3. The molecule has 5 aromatic rings. The molecule has 0 aromatic carbocycles. The molecule has 0 amide bonds. The van der Waals surface area contributed by atoms with Crippen molar-refractivity contribution in [2.24, 2.45) is 0 Å². The number of rotatable bonds is 0. The average Bonchev–Trinajstić information content (AvgIpc) is 3.13. The van der Waals surface area contributed by atoms with Crippen molar-refractivity contribution in [3.8, 4) is 0 Å². The van der Waals surface area contributed by atoms with Crippen LogP contribution >= 0.6 is 0 Å². The molecule has 0 aliphatic carbocycles. The molecule has 5 rings (SSSR count). The average molecular weight is 345 g/mol. The molecule has 0 aliphatic rings. The van der Waals surface area contributed by atoms with Gasteiger partial charge in [0.2, 0.25) is 29.6 Å². The zero-order valence-corrected chi connectivity index (χ0v) is 12.3. The van der Waals surface area contributed by atoms with Crippen molar-refractivity contribution < 1.29 is 0 Å². The maximum absolute atomic E-state index is 5.47. The van der Waals surface area contributed by atoms with Crippen LogP contribution in [0.15, 0.2) is 0 Å². The van der Waals surface area contributed by atoms with Gasteiger partial charge >= 0.3 is 0 Å². The SMILES string of the molecule is Nc1nc(N)n2c(N)nnc2n1.Nc1nc2nnc3[nH][nH][nH]c(n1)n23. The van der Waals surface area contributed by atoms with Gasteiger partial charge < -0.3 is 22.9 Å². The van der Waals surface area contributed by atoms with Gasteiger partial charge in [0.15, 0.2) is 0 Å². The zero-order chi connectivity index (χ0) is 17.6. The van der Waals surface area contributed by atoms with Crippen LogP contribution in [0.25, 0.3) is 23.1 Å². The van der Waals surface area contributed by atoms with Gasteiger partial charge in [-0.1, -0.05) is 0 Å². The topological polar surface area (TPSA) is 263 Å². The second-order valence-corrected chi connectivity index (χ2v) is 4.57. The predicted octanol–water partition coefficient (Wildman–Crippen LogP) is -2.93. The number of aromatic amines is 3. The van der Waals surface area contributed by atoms with E-state index in [-0.39, 0.29) is 29.6 Å². The fourth-order valence-corrected chi connectivity index (χ4v) is 2.01. The van der Waals surface area contributed by atoms with E-state index in [4.69, 9.17) is 22.9 Å². The summed E-state index contributed by atoms with van der Waals surface area (Å²) in [7, 11) is 0. The Bertz CT molecular complexity index is 1190. The molecule has 5 heterocycles. The summed E-state index contributed by atoms with van der Waals surface area (Å²) >= 11 is 0. The van der Waals surface area contributed by atoms with Crippen LogP contribution in [-0.2, 0) is 0 Å². The number of nitrogens with zero attached hydrogens (tertiary/aromatic N) is 10. The number of hydrogen-bond donors (Lipinski definition) is 7. The second-order valence-electron chi connectivity index (χ2n) is 4.57. The molecule has 0 bridgehead atoms. The Morgan fingerprint density at radius 1 is 0.600 bits per heavy atom. The van der Waals surface area contributed by atoms with Gasteiger partial charge in [-0.15, -0.1) is 20.4 Å². The first-order valence-electron chi connectivity index (χ1n) is 6.58. The van der Waals surface area contributed by atoms with Gasteiger partial charge in [0, 0.05) is 0 Å². The summed E-state index contributed by atoms with van der Waals surface area (Å²) in [5.41, 5.74) is 21.6. The third kappa shape index (κ3) is 2.27. The summed E-state index contributed by atoms with van der Waals surface area (Å²) in [5.74, 6) is 2.13. The maximum Gasteiger partial charge on any atom is 0.262 e. The number of fused-ring (bicyclic) bond motifs is 1. The van der Waals surface area contributed by atoms with Gasteiger partial charge in [-0.2, -0.15) is 19.9 Å². The summed E-state index contributed by atoms with van der Waals surface area (Å²) in [6.07, 6.45) is 0. The van der Waals surface area contributed by atoms with Gasteiger partial charge in [0.05, 0.1) is 0 Å². The van der Waals surface area contributed by atoms with E-state index in [2.05, 4.69) is 55.7 Å². The fraction of sp³-hybridized carbons (Fsp3) is 0. The van der Waals surface area contributed by atoms with Crippen molar-refractivity contribution in [1.29, 1.82) is 0 Å². The summed E-state index contributed by atoms with van der Waals surface area (Å²) in [6, 6.07) is 0. The van der Waals surface area contributed by atoms with Crippen molar-refractivity contribution >= 4 is 46.9 Å². The van der Waals surface area contributed by atoms with E-state index in [0.29, 0.717) is 17.3 Å². The molecule has 0 saturated heterocycles. The molecule has 128 valence electrons. The van der Waals surface area contributed by atoms with Gasteiger partial charge in [-0.3, -0.25) is 10.2 Å². The molecule has 17 nitrogen and oxygen atoms in total. The van der Waals surface area contributed by atoms with Crippen molar-refractivity contribution in [2.75, 3.05) is 22.9 Å². The van der Waals surface area contributed by atoms with Crippen LogP contribution < -0.4 is 22.9 Å². The van der Waals surface area contributed by atoms with Gasteiger partial charge in [0.1, 0.15) is 0 Å². The predicted molar refractivity (Wildman–Crippen MR) is 84.2 cm³/mol. The van der Waals surface area contributed by atoms with E-state index in [9.17, 15) is 0 Å². The molecule has 0 atom stereocenters. The van der Waals surface area contributed by atoms with Crippen LogP contribution in [0.1, 0.15) is 0 Å². The van der Waals surface area contributed by atoms with Crippen LogP contribution in [0.5, 0.6) is 0 Å². The highest BCUT2D eigenvalue weighted by molar-refractivity contribution is 5.51. The smallest absolute Gasteiger partial charge is 0.262 e. The highest BCUT2D eigenvalue weighted by atomic mass is 15.5. The van der Waals surface area contributed by atoms with E-state index in [1.807, 2.05) is 0 Å².